The minimum absolute atomic E-state index is 0.383. The van der Waals surface area contributed by atoms with Gasteiger partial charge in [0.25, 0.3) is 0 Å². The van der Waals surface area contributed by atoms with Crippen LogP contribution in [0.25, 0.3) is 0 Å². The van der Waals surface area contributed by atoms with Gasteiger partial charge in [-0.2, -0.15) is 0 Å². The maximum Gasteiger partial charge on any atom is 0.0582 e. The number of hydrogen-bond donors (Lipinski definition) is 0. The van der Waals surface area contributed by atoms with Crippen LogP contribution in [0.5, 0.6) is 0 Å². The second-order valence-electron chi connectivity index (χ2n) is 3.46. The lowest BCUT2D eigenvalue weighted by Gasteiger charge is -2.30. The lowest BCUT2D eigenvalue weighted by atomic mass is 9.85. The number of benzene rings is 1. The van der Waals surface area contributed by atoms with Crippen LogP contribution in [0.1, 0.15) is 5.56 Å². The lowest BCUT2D eigenvalue weighted by molar-refractivity contribution is 0.149. The fraction of sp³-hybridized carbons (Fsp3) is 0.455. The molecule has 0 heterocycles. The zero-order valence-electron chi connectivity index (χ0n) is 8.47. The molecule has 0 radical (unpaired) electrons. The summed E-state index contributed by atoms with van der Waals surface area (Å²) in [6.07, 6.45) is 0. The summed E-state index contributed by atoms with van der Waals surface area (Å²) in [6.45, 7) is 0.462. The molecule has 1 aromatic carbocycles. The van der Waals surface area contributed by atoms with E-state index in [0.717, 1.165) is 5.56 Å². The Bertz CT molecular complexity index is 310. The maximum atomic E-state index is 6.13. The van der Waals surface area contributed by atoms with Crippen molar-refractivity contribution in [1.82, 2.24) is 0 Å². The van der Waals surface area contributed by atoms with E-state index in [9.17, 15) is 0 Å². The molecule has 0 fully saturated rings. The topological polar surface area (TPSA) is 9.23 Å². The highest BCUT2D eigenvalue weighted by Crippen LogP contribution is 2.33. The van der Waals surface area contributed by atoms with Crippen LogP contribution in [0.15, 0.2) is 24.3 Å². The summed E-state index contributed by atoms with van der Waals surface area (Å²) in [4.78, 5) is 0. The first-order valence-electron chi connectivity index (χ1n) is 4.56. The van der Waals surface area contributed by atoms with Gasteiger partial charge in [-0.1, -0.05) is 29.8 Å². The van der Waals surface area contributed by atoms with Crippen molar-refractivity contribution in [3.05, 3.63) is 34.9 Å². The van der Waals surface area contributed by atoms with Crippen molar-refractivity contribution < 1.29 is 4.74 Å². The Morgan fingerprint density at radius 3 is 2.27 bits per heavy atom. The van der Waals surface area contributed by atoms with Gasteiger partial charge in [0, 0.05) is 29.3 Å². The van der Waals surface area contributed by atoms with Crippen molar-refractivity contribution >= 4 is 34.8 Å². The van der Waals surface area contributed by atoms with E-state index in [1.165, 1.54) is 0 Å². The minimum Gasteiger partial charge on any atom is -0.384 e. The Labute approximate surface area is 105 Å². The van der Waals surface area contributed by atoms with Gasteiger partial charge in [0.05, 0.1) is 6.61 Å². The van der Waals surface area contributed by atoms with Gasteiger partial charge in [-0.3, -0.25) is 0 Å². The number of methoxy groups -OCH3 is 1. The molecule has 0 aromatic heterocycles. The molecule has 0 spiro atoms. The van der Waals surface area contributed by atoms with Crippen molar-refractivity contribution in [3.63, 3.8) is 0 Å². The second-order valence-corrected chi connectivity index (χ2v) is 4.40. The molecule has 0 atom stereocenters. The minimum atomic E-state index is -0.407. The molecule has 0 aliphatic heterocycles. The Morgan fingerprint density at radius 2 is 1.80 bits per heavy atom. The monoisotopic (exact) mass is 266 g/mol. The largest absolute Gasteiger partial charge is 0.384 e. The number of rotatable bonds is 5. The molecule has 1 nitrogen and oxygen atoms in total. The zero-order chi connectivity index (χ0) is 11.3. The lowest BCUT2D eigenvalue weighted by Crippen LogP contribution is -2.36. The highest BCUT2D eigenvalue weighted by molar-refractivity contribution is 6.32. The van der Waals surface area contributed by atoms with E-state index < -0.39 is 5.41 Å². The summed E-state index contributed by atoms with van der Waals surface area (Å²) < 4.78 is 5.17. The molecule has 0 aliphatic rings. The van der Waals surface area contributed by atoms with Crippen LogP contribution in [0.2, 0.25) is 5.02 Å². The van der Waals surface area contributed by atoms with Gasteiger partial charge >= 0.3 is 0 Å². The van der Waals surface area contributed by atoms with Crippen LogP contribution in [0.3, 0.4) is 0 Å². The first-order valence-corrected chi connectivity index (χ1v) is 6.01. The van der Waals surface area contributed by atoms with Crippen LogP contribution >= 0.6 is 34.8 Å². The van der Waals surface area contributed by atoms with E-state index in [1.54, 1.807) is 7.11 Å². The molecule has 0 aliphatic carbocycles. The van der Waals surface area contributed by atoms with E-state index >= 15 is 0 Å². The number of ether oxygens (including phenoxy) is 1. The first-order chi connectivity index (χ1) is 7.20. The van der Waals surface area contributed by atoms with Crippen molar-refractivity contribution in [3.8, 4) is 0 Å². The Hall–Kier alpha value is 0.0500. The molecule has 0 saturated heterocycles. The van der Waals surface area contributed by atoms with Crippen molar-refractivity contribution in [2.45, 2.75) is 5.41 Å². The third-order valence-corrected chi connectivity index (χ3v) is 3.73. The van der Waals surface area contributed by atoms with Gasteiger partial charge < -0.3 is 4.74 Å². The Balaban J connectivity index is 3.13. The second kappa shape index (κ2) is 5.95. The van der Waals surface area contributed by atoms with Gasteiger partial charge in [0.15, 0.2) is 0 Å². The molecular formula is C11H13Cl3O. The van der Waals surface area contributed by atoms with E-state index in [4.69, 9.17) is 39.5 Å². The van der Waals surface area contributed by atoms with Crippen molar-refractivity contribution in [2.24, 2.45) is 0 Å². The smallest absolute Gasteiger partial charge is 0.0582 e. The standard InChI is InChI=1S/C11H13Cl3O/c1-15-8-11(6-12,7-13)9-4-2-3-5-10(9)14/h2-5H,6-8H2,1H3. The highest BCUT2D eigenvalue weighted by Gasteiger charge is 2.32. The SMILES string of the molecule is COCC(CCl)(CCl)c1ccccc1Cl. The van der Waals surface area contributed by atoms with E-state index in [2.05, 4.69) is 0 Å². The zero-order valence-corrected chi connectivity index (χ0v) is 10.7. The summed E-state index contributed by atoms with van der Waals surface area (Å²) in [5.41, 5.74) is 0.537. The van der Waals surface area contributed by atoms with Gasteiger partial charge in [-0.05, 0) is 11.6 Å². The van der Waals surface area contributed by atoms with Crippen LogP contribution in [-0.2, 0) is 10.2 Å². The average molecular weight is 268 g/mol. The molecule has 1 rings (SSSR count). The third kappa shape index (κ3) is 2.79. The van der Waals surface area contributed by atoms with Crippen molar-refractivity contribution in [1.29, 1.82) is 0 Å². The van der Waals surface area contributed by atoms with Crippen LogP contribution in [0.4, 0.5) is 0 Å². The van der Waals surface area contributed by atoms with E-state index in [-0.39, 0.29) is 0 Å². The predicted octanol–water partition coefficient (Wildman–Crippen LogP) is 3.70. The average Bonchev–Trinajstić information content (AvgIpc) is 2.27. The number of hydrogen-bond acceptors (Lipinski definition) is 1. The van der Waals surface area contributed by atoms with Gasteiger partial charge in [-0.15, -0.1) is 23.2 Å². The predicted molar refractivity (Wildman–Crippen MR) is 66.4 cm³/mol. The molecule has 4 heteroatoms. The fourth-order valence-electron chi connectivity index (χ4n) is 1.50. The van der Waals surface area contributed by atoms with Crippen LogP contribution < -0.4 is 0 Å². The van der Waals surface area contributed by atoms with E-state index in [1.807, 2.05) is 24.3 Å². The molecular weight excluding hydrogens is 254 g/mol. The first kappa shape index (κ1) is 13.1. The number of halogens is 3. The molecule has 0 amide bonds. The molecule has 0 saturated carbocycles. The summed E-state index contributed by atoms with van der Waals surface area (Å²) in [5, 5.41) is 0.677. The van der Waals surface area contributed by atoms with Crippen molar-refractivity contribution in [2.75, 3.05) is 25.5 Å². The maximum absolute atomic E-state index is 6.13. The molecule has 0 unspecified atom stereocenters. The fourth-order valence-corrected chi connectivity index (χ4v) is 2.57. The summed E-state index contributed by atoms with van der Waals surface area (Å²) in [5.74, 6) is 0.766. The molecule has 1 aromatic rings. The Kier molecular flexibility index (Phi) is 5.20. The summed E-state index contributed by atoms with van der Waals surface area (Å²) in [7, 11) is 1.63. The third-order valence-electron chi connectivity index (χ3n) is 2.38. The highest BCUT2D eigenvalue weighted by atomic mass is 35.5. The van der Waals surface area contributed by atoms with Gasteiger partial charge in [-0.25, -0.2) is 0 Å². The molecule has 84 valence electrons. The summed E-state index contributed by atoms with van der Waals surface area (Å²) in [6, 6.07) is 7.57. The number of alkyl halides is 2. The Morgan fingerprint density at radius 1 is 1.20 bits per heavy atom. The van der Waals surface area contributed by atoms with Crippen LogP contribution in [0, 0.1) is 0 Å². The molecule has 15 heavy (non-hydrogen) atoms. The quantitative estimate of drug-likeness (QED) is 0.739. The molecule has 0 N–H and O–H groups in total. The van der Waals surface area contributed by atoms with Crippen LogP contribution in [-0.4, -0.2) is 25.5 Å². The van der Waals surface area contributed by atoms with E-state index in [0.29, 0.717) is 23.4 Å². The molecule has 0 bridgehead atoms. The van der Waals surface area contributed by atoms with Gasteiger partial charge in [0.1, 0.15) is 0 Å². The normalized spacial score (nSPS) is 11.7. The summed E-state index contributed by atoms with van der Waals surface area (Å²) >= 11 is 18.1. The van der Waals surface area contributed by atoms with Gasteiger partial charge in [0.2, 0.25) is 0 Å².